The van der Waals surface area contributed by atoms with Gasteiger partial charge in [-0.15, -0.1) is 12.4 Å². The van der Waals surface area contributed by atoms with Gasteiger partial charge in [0.15, 0.2) is 0 Å². The standard InChI is InChI=1S/C16H26N2O2.ClH/c1-5-13(3)15(17)16(19)18(4)9-10-20-14-8-6-7-12(2)11-14;/h6-8,11,13,15H,5,9-10,17H2,1-4H3;1H. The molecule has 0 aliphatic carbocycles. The number of carbonyl (C=O) groups is 1. The number of carbonyl (C=O) groups excluding carboxylic acids is 1. The number of ether oxygens (including phenoxy) is 1. The molecule has 0 spiro atoms. The second-order valence-corrected chi connectivity index (χ2v) is 5.34. The van der Waals surface area contributed by atoms with Crippen molar-refractivity contribution in [3.05, 3.63) is 29.8 Å². The highest BCUT2D eigenvalue weighted by Crippen LogP contribution is 2.12. The van der Waals surface area contributed by atoms with Gasteiger partial charge >= 0.3 is 0 Å². The van der Waals surface area contributed by atoms with Gasteiger partial charge < -0.3 is 15.4 Å². The number of rotatable bonds is 7. The lowest BCUT2D eigenvalue weighted by atomic mass is 9.99. The van der Waals surface area contributed by atoms with Crippen LogP contribution in [0.4, 0.5) is 0 Å². The molecule has 0 heterocycles. The number of amides is 1. The Morgan fingerprint density at radius 1 is 1.43 bits per heavy atom. The summed E-state index contributed by atoms with van der Waals surface area (Å²) in [5, 5.41) is 0. The van der Waals surface area contributed by atoms with Crippen molar-refractivity contribution in [3.8, 4) is 5.75 Å². The van der Waals surface area contributed by atoms with Crippen LogP contribution in [0.15, 0.2) is 24.3 Å². The Balaban J connectivity index is 0.00000400. The molecule has 2 N–H and O–H groups in total. The topological polar surface area (TPSA) is 55.6 Å². The maximum Gasteiger partial charge on any atom is 0.239 e. The zero-order valence-electron chi connectivity index (χ0n) is 13.3. The smallest absolute Gasteiger partial charge is 0.239 e. The first-order valence-electron chi connectivity index (χ1n) is 7.15. The fourth-order valence-electron chi connectivity index (χ4n) is 1.87. The molecule has 1 amide bonds. The van der Waals surface area contributed by atoms with Crippen LogP contribution in [-0.4, -0.2) is 37.0 Å². The Bertz CT molecular complexity index is 440. The molecule has 0 aromatic heterocycles. The van der Waals surface area contributed by atoms with E-state index in [1.54, 1.807) is 11.9 Å². The quantitative estimate of drug-likeness (QED) is 0.841. The Hall–Kier alpha value is -1.26. The van der Waals surface area contributed by atoms with Gasteiger partial charge in [0, 0.05) is 7.05 Å². The van der Waals surface area contributed by atoms with Crippen molar-refractivity contribution in [2.45, 2.75) is 33.2 Å². The van der Waals surface area contributed by atoms with Gasteiger partial charge in [-0.3, -0.25) is 4.79 Å². The Morgan fingerprint density at radius 2 is 2.10 bits per heavy atom. The van der Waals surface area contributed by atoms with Crippen LogP contribution in [0.25, 0.3) is 0 Å². The molecular formula is C16H27ClN2O2. The van der Waals surface area contributed by atoms with Crippen molar-refractivity contribution in [3.63, 3.8) is 0 Å². The van der Waals surface area contributed by atoms with Crippen molar-refractivity contribution in [2.24, 2.45) is 11.7 Å². The van der Waals surface area contributed by atoms with Gasteiger partial charge in [-0.25, -0.2) is 0 Å². The van der Waals surface area contributed by atoms with Crippen molar-refractivity contribution < 1.29 is 9.53 Å². The van der Waals surface area contributed by atoms with Crippen LogP contribution < -0.4 is 10.5 Å². The van der Waals surface area contributed by atoms with E-state index >= 15 is 0 Å². The minimum absolute atomic E-state index is 0. The molecule has 5 heteroatoms. The first kappa shape index (κ1) is 19.7. The van der Waals surface area contributed by atoms with E-state index in [1.165, 1.54) is 0 Å². The summed E-state index contributed by atoms with van der Waals surface area (Å²) in [6.07, 6.45) is 0.903. The maximum absolute atomic E-state index is 12.1. The molecule has 0 aliphatic rings. The number of likely N-dealkylation sites (N-methyl/N-ethyl adjacent to an activating group) is 1. The molecule has 0 bridgehead atoms. The predicted octanol–water partition coefficient (Wildman–Crippen LogP) is 2.63. The average molecular weight is 315 g/mol. The zero-order valence-corrected chi connectivity index (χ0v) is 14.2. The number of hydrogen-bond donors (Lipinski definition) is 1. The molecule has 120 valence electrons. The lowest BCUT2D eigenvalue weighted by Crippen LogP contribution is -2.46. The van der Waals surface area contributed by atoms with E-state index in [1.807, 2.05) is 45.0 Å². The molecule has 2 atom stereocenters. The van der Waals surface area contributed by atoms with Crippen LogP contribution in [0.1, 0.15) is 25.8 Å². The summed E-state index contributed by atoms with van der Waals surface area (Å²) in [7, 11) is 1.77. The average Bonchev–Trinajstić information content (AvgIpc) is 2.44. The van der Waals surface area contributed by atoms with Gasteiger partial charge in [-0.05, 0) is 30.5 Å². The Kier molecular flexibility index (Phi) is 9.06. The largest absolute Gasteiger partial charge is 0.492 e. The molecule has 21 heavy (non-hydrogen) atoms. The van der Waals surface area contributed by atoms with Gasteiger partial charge in [-0.1, -0.05) is 32.4 Å². The van der Waals surface area contributed by atoms with Gasteiger partial charge in [0.2, 0.25) is 5.91 Å². The first-order chi connectivity index (χ1) is 9.45. The number of nitrogens with two attached hydrogens (primary N) is 1. The fourth-order valence-corrected chi connectivity index (χ4v) is 1.87. The highest BCUT2D eigenvalue weighted by atomic mass is 35.5. The highest BCUT2D eigenvalue weighted by Gasteiger charge is 2.22. The zero-order chi connectivity index (χ0) is 15.1. The minimum atomic E-state index is -0.427. The second-order valence-electron chi connectivity index (χ2n) is 5.34. The second kappa shape index (κ2) is 9.64. The van der Waals surface area contributed by atoms with Gasteiger partial charge in [0.1, 0.15) is 12.4 Å². The molecule has 2 unspecified atom stereocenters. The van der Waals surface area contributed by atoms with E-state index in [2.05, 4.69) is 0 Å². The summed E-state index contributed by atoms with van der Waals surface area (Å²) in [5.41, 5.74) is 7.10. The molecule has 4 nitrogen and oxygen atoms in total. The number of nitrogens with zero attached hydrogens (tertiary/aromatic N) is 1. The van der Waals surface area contributed by atoms with E-state index in [0.717, 1.165) is 17.7 Å². The van der Waals surface area contributed by atoms with Gasteiger partial charge in [0.25, 0.3) is 0 Å². The van der Waals surface area contributed by atoms with Crippen LogP contribution in [0.3, 0.4) is 0 Å². The molecule has 0 radical (unpaired) electrons. The molecule has 0 saturated heterocycles. The molecule has 1 aromatic carbocycles. The third kappa shape index (κ3) is 6.36. The van der Waals surface area contributed by atoms with E-state index in [0.29, 0.717) is 13.2 Å². The van der Waals surface area contributed by atoms with Crippen molar-refractivity contribution in [1.29, 1.82) is 0 Å². The maximum atomic E-state index is 12.1. The predicted molar refractivity (Wildman–Crippen MR) is 89.0 cm³/mol. The molecule has 0 fully saturated rings. The first-order valence-corrected chi connectivity index (χ1v) is 7.15. The van der Waals surface area contributed by atoms with Crippen molar-refractivity contribution in [2.75, 3.05) is 20.2 Å². The molecular weight excluding hydrogens is 288 g/mol. The summed E-state index contributed by atoms with van der Waals surface area (Å²) in [4.78, 5) is 13.7. The number of aryl methyl sites for hydroxylation is 1. The lowest BCUT2D eigenvalue weighted by Gasteiger charge is -2.24. The van der Waals surface area contributed by atoms with E-state index in [-0.39, 0.29) is 24.2 Å². The lowest BCUT2D eigenvalue weighted by molar-refractivity contribution is -0.132. The Morgan fingerprint density at radius 3 is 2.67 bits per heavy atom. The number of benzene rings is 1. The van der Waals surface area contributed by atoms with Gasteiger partial charge in [0.05, 0.1) is 12.6 Å². The van der Waals surface area contributed by atoms with Crippen LogP contribution >= 0.6 is 12.4 Å². The molecule has 1 rings (SSSR count). The monoisotopic (exact) mass is 314 g/mol. The Labute approximate surface area is 134 Å². The summed E-state index contributed by atoms with van der Waals surface area (Å²) >= 11 is 0. The normalized spacial score (nSPS) is 13.0. The number of hydrogen-bond acceptors (Lipinski definition) is 3. The summed E-state index contributed by atoms with van der Waals surface area (Å²) in [6, 6.07) is 7.45. The summed E-state index contributed by atoms with van der Waals surface area (Å²) in [5.74, 6) is 1.01. The summed E-state index contributed by atoms with van der Waals surface area (Å²) in [6.45, 7) is 7.07. The van der Waals surface area contributed by atoms with Crippen LogP contribution in [0.5, 0.6) is 5.75 Å². The van der Waals surface area contributed by atoms with Crippen LogP contribution in [0.2, 0.25) is 0 Å². The number of halogens is 1. The van der Waals surface area contributed by atoms with Crippen LogP contribution in [-0.2, 0) is 4.79 Å². The third-order valence-electron chi connectivity index (χ3n) is 3.60. The SMILES string of the molecule is CCC(C)C(N)C(=O)N(C)CCOc1cccc(C)c1.Cl. The van der Waals surface area contributed by atoms with Gasteiger partial charge in [-0.2, -0.15) is 0 Å². The third-order valence-corrected chi connectivity index (χ3v) is 3.60. The van der Waals surface area contributed by atoms with Crippen molar-refractivity contribution in [1.82, 2.24) is 4.90 Å². The van der Waals surface area contributed by atoms with Crippen LogP contribution in [0, 0.1) is 12.8 Å². The molecule has 0 saturated carbocycles. The minimum Gasteiger partial charge on any atom is -0.492 e. The fraction of sp³-hybridized carbons (Fsp3) is 0.562. The molecule has 1 aromatic rings. The van der Waals surface area contributed by atoms with E-state index < -0.39 is 6.04 Å². The van der Waals surface area contributed by atoms with Crippen molar-refractivity contribution >= 4 is 18.3 Å². The molecule has 0 aliphatic heterocycles. The van der Waals surface area contributed by atoms with E-state index in [9.17, 15) is 4.79 Å². The highest BCUT2D eigenvalue weighted by molar-refractivity contribution is 5.85. The summed E-state index contributed by atoms with van der Waals surface area (Å²) < 4.78 is 5.64. The van der Waals surface area contributed by atoms with E-state index in [4.69, 9.17) is 10.5 Å².